The zero-order chi connectivity index (χ0) is 9.84. The first-order valence-corrected chi connectivity index (χ1v) is 3.58. The Labute approximate surface area is 74.1 Å². The largest absolute Gasteiger partial charge is 0.418 e. The first kappa shape index (κ1) is 9.38. The van der Waals surface area contributed by atoms with Crippen LogP contribution in [0, 0.1) is 5.82 Å². The lowest BCUT2D eigenvalue weighted by Gasteiger charge is -2.01. The molecule has 68 valence electrons. The van der Waals surface area contributed by atoms with E-state index in [1.165, 1.54) is 18.2 Å². The number of carbonyl (C=O) groups excluding carboxylic acids is 2. The van der Waals surface area contributed by atoms with Gasteiger partial charge in [0.25, 0.3) is 0 Å². The summed E-state index contributed by atoms with van der Waals surface area (Å²) in [6.07, 6.45) is 0. The van der Waals surface area contributed by atoms with E-state index in [2.05, 4.69) is 4.74 Å². The molecule has 1 aromatic rings. The van der Waals surface area contributed by atoms with Crippen molar-refractivity contribution in [3.05, 3.63) is 30.1 Å². The van der Waals surface area contributed by atoms with Gasteiger partial charge in [0.2, 0.25) is 5.78 Å². The van der Waals surface area contributed by atoms with Gasteiger partial charge in [0, 0.05) is 6.92 Å². The monoisotopic (exact) mass is 182 g/mol. The standard InChI is InChI=1S/C9H7FO3/c1-6(11)9(12)13-8-5-3-2-4-7(8)10/h2-5H,1H3. The molecule has 0 bridgehead atoms. The normalized spacial score (nSPS) is 9.38. The molecule has 0 heterocycles. The molecule has 0 N–H and O–H groups in total. The number of para-hydroxylation sites is 1. The van der Waals surface area contributed by atoms with Crippen LogP contribution in [0.3, 0.4) is 0 Å². The van der Waals surface area contributed by atoms with Crippen LogP contribution in [0.1, 0.15) is 6.92 Å². The van der Waals surface area contributed by atoms with Gasteiger partial charge in [-0.05, 0) is 12.1 Å². The van der Waals surface area contributed by atoms with Crippen molar-refractivity contribution in [1.82, 2.24) is 0 Å². The number of ether oxygens (including phenoxy) is 1. The molecule has 3 nitrogen and oxygen atoms in total. The average Bonchev–Trinajstić information content (AvgIpc) is 2.08. The number of ketones is 1. The van der Waals surface area contributed by atoms with Crippen molar-refractivity contribution in [2.45, 2.75) is 6.92 Å². The maximum absolute atomic E-state index is 12.8. The van der Waals surface area contributed by atoms with E-state index in [1.54, 1.807) is 0 Å². The van der Waals surface area contributed by atoms with Gasteiger partial charge in [0.1, 0.15) is 0 Å². The van der Waals surface area contributed by atoms with Crippen molar-refractivity contribution >= 4 is 11.8 Å². The highest BCUT2D eigenvalue weighted by molar-refractivity contribution is 6.33. The Morgan fingerprint density at radius 1 is 1.31 bits per heavy atom. The van der Waals surface area contributed by atoms with E-state index in [0.29, 0.717) is 0 Å². The Morgan fingerprint density at radius 3 is 2.46 bits per heavy atom. The number of hydrogen-bond donors (Lipinski definition) is 0. The highest BCUT2D eigenvalue weighted by Gasteiger charge is 2.12. The van der Waals surface area contributed by atoms with Gasteiger partial charge in [-0.1, -0.05) is 12.1 Å². The quantitative estimate of drug-likeness (QED) is 0.393. The lowest BCUT2D eigenvalue weighted by Crippen LogP contribution is -2.17. The summed E-state index contributed by atoms with van der Waals surface area (Å²) < 4.78 is 17.3. The van der Waals surface area contributed by atoms with Crippen molar-refractivity contribution in [3.8, 4) is 5.75 Å². The maximum Gasteiger partial charge on any atom is 0.379 e. The van der Waals surface area contributed by atoms with Gasteiger partial charge in [0.05, 0.1) is 0 Å². The zero-order valence-corrected chi connectivity index (χ0v) is 6.91. The van der Waals surface area contributed by atoms with E-state index in [-0.39, 0.29) is 5.75 Å². The minimum atomic E-state index is -1.06. The summed E-state index contributed by atoms with van der Waals surface area (Å²) >= 11 is 0. The second kappa shape index (κ2) is 3.80. The van der Waals surface area contributed by atoms with Crippen LogP contribution in [0.4, 0.5) is 4.39 Å². The van der Waals surface area contributed by atoms with Crippen LogP contribution in [0.15, 0.2) is 24.3 Å². The zero-order valence-electron chi connectivity index (χ0n) is 6.91. The van der Waals surface area contributed by atoms with Crippen LogP contribution >= 0.6 is 0 Å². The fourth-order valence-corrected chi connectivity index (χ4v) is 0.699. The van der Waals surface area contributed by atoms with E-state index >= 15 is 0 Å². The summed E-state index contributed by atoms with van der Waals surface area (Å²) in [5.41, 5.74) is 0. The molecule has 0 spiro atoms. The number of hydrogen-bond acceptors (Lipinski definition) is 3. The molecular formula is C9H7FO3. The van der Waals surface area contributed by atoms with Crippen molar-refractivity contribution in [3.63, 3.8) is 0 Å². The highest BCUT2D eigenvalue weighted by atomic mass is 19.1. The molecule has 0 unspecified atom stereocenters. The van der Waals surface area contributed by atoms with Crippen LogP contribution in [0.25, 0.3) is 0 Å². The van der Waals surface area contributed by atoms with Gasteiger partial charge in [-0.3, -0.25) is 4.79 Å². The Hall–Kier alpha value is -1.71. The highest BCUT2D eigenvalue weighted by Crippen LogP contribution is 2.15. The average molecular weight is 182 g/mol. The smallest absolute Gasteiger partial charge is 0.379 e. The predicted octanol–water partition coefficient (Wildman–Crippen LogP) is 1.32. The molecule has 0 aliphatic carbocycles. The molecule has 0 saturated heterocycles. The molecule has 13 heavy (non-hydrogen) atoms. The van der Waals surface area contributed by atoms with Gasteiger partial charge < -0.3 is 4.74 Å². The molecule has 0 aliphatic rings. The van der Waals surface area contributed by atoms with Crippen LogP contribution in [-0.2, 0) is 9.59 Å². The molecule has 0 radical (unpaired) electrons. The predicted molar refractivity (Wildman–Crippen MR) is 42.7 cm³/mol. The number of rotatable bonds is 2. The van der Waals surface area contributed by atoms with E-state index in [1.807, 2.05) is 0 Å². The topological polar surface area (TPSA) is 43.4 Å². The van der Waals surface area contributed by atoms with Gasteiger partial charge in [-0.15, -0.1) is 0 Å². The molecule has 4 heteroatoms. The third-order valence-corrected chi connectivity index (χ3v) is 1.33. The second-order valence-corrected chi connectivity index (χ2v) is 2.38. The Bertz CT molecular complexity index is 346. The Balaban J connectivity index is 2.81. The van der Waals surface area contributed by atoms with E-state index in [0.717, 1.165) is 13.0 Å². The lowest BCUT2D eigenvalue weighted by molar-refractivity contribution is -0.146. The number of halogens is 1. The summed E-state index contributed by atoms with van der Waals surface area (Å²) in [7, 11) is 0. The minimum Gasteiger partial charge on any atom is -0.418 e. The molecule has 0 saturated carbocycles. The number of carbonyl (C=O) groups is 2. The van der Waals surface area contributed by atoms with Gasteiger partial charge in [-0.25, -0.2) is 9.18 Å². The third-order valence-electron chi connectivity index (χ3n) is 1.33. The van der Waals surface area contributed by atoms with Crippen molar-refractivity contribution in [2.24, 2.45) is 0 Å². The third kappa shape index (κ3) is 2.37. The molecular weight excluding hydrogens is 175 g/mol. The van der Waals surface area contributed by atoms with Crippen LogP contribution in [-0.4, -0.2) is 11.8 Å². The molecule has 0 aliphatic heterocycles. The lowest BCUT2D eigenvalue weighted by atomic mass is 10.3. The summed E-state index contributed by atoms with van der Waals surface area (Å²) in [5, 5.41) is 0. The first-order chi connectivity index (χ1) is 6.11. The van der Waals surface area contributed by atoms with Crippen molar-refractivity contribution < 1.29 is 18.7 Å². The van der Waals surface area contributed by atoms with E-state index in [4.69, 9.17) is 0 Å². The number of esters is 1. The summed E-state index contributed by atoms with van der Waals surface area (Å²) in [5.74, 6) is -2.73. The van der Waals surface area contributed by atoms with Gasteiger partial charge in [-0.2, -0.15) is 0 Å². The molecule has 0 amide bonds. The second-order valence-electron chi connectivity index (χ2n) is 2.38. The van der Waals surface area contributed by atoms with E-state index in [9.17, 15) is 14.0 Å². The number of Topliss-reactive ketones (excluding diaryl/α,β-unsaturated/α-hetero) is 1. The van der Waals surface area contributed by atoms with Crippen LogP contribution in [0.2, 0.25) is 0 Å². The first-order valence-electron chi connectivity index (χ1n) is 3.58. The fraction of sp³-hybridized carbons (Fsp3) is 0.111. The molecule has 0 fully saturated rings. The molecule has 0 aromatic heterocycles. The molecule has 1 rings (SSSR count). The maximum atomic E-state index is 12.8. The Morgan fingerprint density at radius 2 is 1.92 bits per heavy atom. The van der Waals surface area contributed by atoms with E-state index < -0.39 is 17.6 Å². The van der Waals surface area contributed by atoms with Crippen LogP contribution in [0.5, 0.6) is 5.75 Å². The fourth-order valence-electron chi connectivity index (χ4n) is 0.699. The molecule has 1 aromatic carbocycles. The van der Waals surface area contributed by atoms with Crippen molar-refractivity contribution in [1.29, 1.82) is 0 Å². The summed E-state index contributed by atoms with van der Waals surface area (Å²) in [6.45, 7) is 1.06. The van der Waals surface area contributed by atoms with Crippen LogP contribution < -0.4 is 4.74 Å². The number of benzene rings is 1. The Kier molecular flexibility index (Phi) is 2.74. The van der Waals surface area contributed by atoms with Gasteiger partial charge >= 0.3 is 5.97 Å². The summed E-state index contributed by atoms with van der Waals surface area (Å²) in [4.78, 5) is 21.2. The minimum absolute atomic E-state index is 0.234. The summed E-state index contributed by atoms with van der Waals surface area (Å²) in [6, 6.07) is 5.38. The van der Waals surface area contributed by atoms with Gasteiger partial charge in [0.15, 0.2) is 11.6 Å². The van der Waals surface area contributed by atoms with Crippen molar-refractivity contribution in [2.75, 3.05) is 0 Å². The SMILES string of the molecule is CC(=O)C(=O)Oc1ccccc1F. The molecule has 0 atom stereocenters.